The largest absolute Gasteiger partial charge is 0.493 e. The first kappa shape index (κ1) is 16.7. The van der Waals surface area contributed by atoms with Gasteiger partial charge in [0, 0.05) is 30.2 Å². The molecular weight excluding hydrogens is 378 g/mol. The van der Waals surface area contributed by atoms with Crippen molar-refractivity contribution >= 4 is 23.2 Å². The molecule has 1 saturated heterocycles. The monoisotopic (exact) mass is 397 g/mol. The first-order valence-corrected chi connectivity index (χ1v) is 10.2. The molecule has 0 bridgehead atoms. The van der Waals surface area contributed by atoms with E-state index >= 15 is 0 Å². The zero-order chi connectivity index (χ0) is 18.9. The Hall–Kier alpha value is -2.24. The molecule has 4 heterocycles. The summed E-state index contributed by atoms with van der Waals surface area (Å²) in [7, 11) is 0. The number of anilines is 1. The smallest absolute Gasteiger partial charge is 0.245 e. The summed E-state index contributed by atoms with van der Waals surface area (Å²) in [4.78, 5) is 15.7. The van der Waals surface area contributed by atoms with E-state index in [0.717, 1.165) is 59.7 Å². The van der Waals surface area contributed by atoms with Crippen LogP contribution >= 0.6 is 11.6 Å². The fraction of sp³-hybridized carbons (Fsp3) is 0.409. The van der Waals surface area contributed by atoms with Gasteiger partial charge in [-0.05, 0) is 30.5 Å². The number of fused-ring (bicyclic) bond motifs is 5. The number of hydrogen-bond donors (Lipinski definition) is 0. The Morgan fingerprint density at radius 2 is 2.07 bits per heavy atom. The van der Waals surface area contributed by atoms with Gasteiger partial charge in [-0.3, -0.25) is 4.79 Å². The van der Waals surface area contributed by atoms with E-state index in [0.29, 0.717) is 24.8 Å². The van der Waals surface area contributed by atoms with E-state index in [9.17, 15) is 4.79 Å². The minimum atomic E-state index is -0.841. The summed E-state index contributed by atoms with van der Waals surface area (Å²) in [5.41, 5.74) is 2.96. The number of carbonyl (C=O) groups is 1. The molecular formula is C22H20ClNO4. The van der Waals surface area contributed by atoms with Crippen molar-refractivity contribution in [2.24, 2.45) is 0 Å². The van der Waals surface area contributed by atoms with Crippen molar-refractivity contribution in [3.63, 3.8) is 0 Å². The lowest BCUT2D eigenvalue weighted by atomic mass is 9.76. The van der Waals surface area contributed by atoms with Gasteiger partial charge in [-0.15, -0.1) is 0 Å². The predicted molar refractivity (Wildman–Crippen MR) is 105 cm³/mol. The van der Waals surface area contributed by atoms with Crippen LogP contribution in [-0.2, 0) is 21.4 Å². The molecule has 1 amide bonds. The van der Waals surface area contributed by atoms with Crippen LogP contribution in [0.2, 0.25) is 5.02 Å². The molecule has 6 heteroatoms. The molecule has 0 N–H and O–H groups in total. The molecule has 1 fully saturated rings. The number of amides is 1. The maximum atomic E-state index is 13.9. The van der Waals surface area contributed by atoms with Crippen molar-refractivity contribution in [2.45, 2.75) is 30.8 Å². The predicted octanol–water partition coefficient (Wildman–Crippen LogP) is 3.48. The maximum Gasteiger partial charge on any atom is 0.245 e. The van der Waals surface area contributed by atoms with Crippen LogP contribution in [0.25, 0.3) is 0 Å². The molecule has 2 aromatic rings. The van der Waals surface area contributed by atoms with Gasteiger partial charge in [0.1, 0.15) is 23.5 Å². The number of para-hydroxylation sites is 1. The van der Waals surface area contributed by atoms with Gasteiger partial charge in [0.15, 0.2) is 0 Å². The summed E-state index contributed by atoms with van der Waals surface area (Å²) in [6.45, 7) is 2.25. The lowest BCUT2D eigenvalue weighted by molar-refractivity contribution is -0.122. The Balaban J connectivity index is 1.52. The minimum absolute atomic E-state index is 0.0312. The van der Waals surface area contributed by atoms with Crippen LogP contribution in [-0.4, -0.2) is 38.4 Å². The summed E-state index contributed by atoms with van der Waals surface area (Å²) in [5.74, 6) is 1.63. The molecule has 0 aliphatic carbocycles. The van der Waals surface area contributed by atoms with Crippen molar-refractivity contribution in [2.75, 3.05) is 31.3 Å². The average molecular weight is 398 g/mol. The first-order valence-electron chi connectivity index (χ1n) is 9.84. The summed E-state index contributed by atoms with van der Waals surface area (Å²) in [5, 5.41) is 0.596. The van der Waals surface area contributed by atoms with E-state index in [1.807, 2.05) is 29.2 Å². The fourth-order valence-corrected chi connectivity index (χ4v) is 5.35. The van der Waals surface area contributed by atoms with Gasteiger partial charge in [0.2, 0.25) is 5.91 Å². The molecule has 6 rings (SSSR count). The summed E-state index contributed by atoms with van der Waals surface area (Å²) >= 11 is 6.60. The topological polar surface area (TPSA) is 48.0 Å². The van der Waals surface area contributed by atoms with Crippen LogP contribution in [0.1, 0.15) is 29.5 Å². The molecule has 1 spiro atoms. The van der Waals surface area contributed by atoms with E-state index in [2.05, 4.69) is 6.07 Å². The van der Waals surface area contributed by atoms with Gasteiger partial charge in [0.05, 0.1) is 30.0 Å². The minimum Gasteiger partial charge on any atom is -0.493 e. The summed E-state index contributed by atoms with van der Waals surface area (Å²) in [6, 6.07) is 9.81. The molecule has 28 heavy (non-hydrogen) atoms. The Morgan fingerprint density at radius 1 is 1.14 bits per heavy atom. The van der Waals surface area contributed by atoms with E-state index in [4.69, 9.17) is 25.8 Å². The van der Waals surface area contributed by atoms with E-state index in [-0.39, 0.29) is 12.0 Å². The third kappa shape index (κ3) is 2.09. The number of carbonyl (C=O) groups excluding carboxylic acids is 1. The highest BCUT2D eigenvalue weighted by Gasteiger charge is 2.58. The van der Waals surface area contributed by atoms with Crippen LogP contribution < -0.4 is 14.4 Å². The Kier molecular flexibility index (Phi) is 3.50. The van der Waals surface area contributed by atoms with Gasteiger partial charge < -0.3 is 19.1 Å². The highest BCUT2D eigenvalue weighted by Crippen LogP contribution is 2.55. The van der Waals surface area contributed by atoms with Crippen LogP contribution in [0.5, 0.6) is 11.5 Å². The standard InChI is InChI=1S/C22H20ClNO4/c23-17-5-1-4-15-20(17)24(11-14-3-2-7-26-14)21(25)22(15)12-28-19-10-18-13(6-8-27-18)9-16(19)22/h1,4-5,9-10,14H,2-3,6-8,11-12H2. The number of rotatable bonds is 2. The number of benzene rings is 2. The number of halogens is 1. The normalized spacial score (nSPS) is 27.0. The summed E-state index contributed by atoms with van der Waals surface area (Å²) in [6.07, 6.45) is 2.91. The van der Waals surface area contributed by atoms with Gasteiger partial charge in [-0.25, -0.2) is 0 Å². The molecule has 4 aliphatic rings. The first-order chi connectivity index (χ1) is 13.7. The molecule has 0 saturated carbocycles. The van der Waals surface area contributed by atoms with Crippen molar-refractivity contribution < 1.29 is 19.0 Å². The summed E-state index contributed by atoms with van der Waals surface area (Å²) < 4.78 is 17.5. The van der Waals surface area contributed by atoms with Crippen LogP contribution in [0.3, 0.4) is 0 Å². The van der Waals surface area contributed by atoms with E-state index < -0.39 is 5.41 Å². The molecule has 144 valence electrons. The zero-order valence-corrected chi connectivity index (χ0v) is 16.1. The number of hydrogen-bond acceptors (Lipinski definition) is 4. The van der Waals surface area contributed by atoms with Gasteiger partial charge in [-0.1, -0.05) is 23.7 Å². The van der Waals surface area contributed by atoms with Crippen molar-refractivity contribution in [1.29, 1.82) is 0 Å². The highest BCUT2D eigenvalue weighted by molar-refractivity contribution is 6.35. The Morgan fingerprint density at radius 3 is 2.93 bits per heavy atom. The van der Waals surface area contributed by atoms with Gasteiger partial charge >= 0.3 is 0 Å². The van der Waals surface area contributed by atoms with E-state index in [1.54, 1.807) is 0 Å². The van der Waals surface area contributed by atoms with Gasteiger partial charge in [-0.2, -0.15) is 0 Å². The fourth-order valence-electron chi connectivity index (χ4n) is 5.07. The van der Waals surface area contributed by atoms with Gasteiger partial charge in [0.25, 0.3) is 0 Å². The maximum absolute atomic E-state index is 13.9. The zero-order valence-electron chi connectivity index (χ0n) is 15.4. The Bertz CT molecular complexity index is 1000. The molecule has 4 aliphatic heterocycles. The molecule has 2 unspecified atom stereocenters. The number of nitrogens with zero attached hydrogens (tertiary/aromatic N) is 1. The van der Waals surface area contributed by atoms with Crippen molar-refractivity contribution in [3.8, 4) is 11.5 Å². The van der Waals surface area contributed by atoms with Crippen LogP contribution in [0, 0.1) is 0 Å². The third-order valence-electron chi connectivity index (χ3n) is 6.43. The molecule has 2 aromatic carbocycles. The molecule has 0 aromatic heterocycles. The lowest BCUT2D eigenvalue weighted by Crippen LogP contribution is -2.45. The van der Waals surface area contributed by atoms with Crippen molar-refractivity contribution in [1.82, 2.24) is 0 Å². The molecule has 5 nitrogen and oxygen atoms in total. The Labute approximate surface area is 168 Å². The second kappa shape index (κ2) is 5.88. The van der Waals surface area contributed by atoms with Crippen molar-refractivity contribution in [3.05, 3.63) is 52.0 Å². The van der Waals surface area contributed by atoms with Crippen LogP contribution in [0.15, 0.2) is 30.3 Å². The third-order valence-corrected chi connectivity index (χ3v) is 6.74. The SMILES string of the molecule is O=C1N(CC2CCCO2)c2c(Cl)cccc2C12COc1cc3c(cc12)CCO3. The highest BCUT2D eigenvalue weighted by atomic mass is 35.5. The van der Waals surface area contributed by atoms with E-state index in [1.165, 1.54) is 0 Å². The average Bonchev–Trinajstić information content (AvgIpc) is 3.46. The molecule has 0 radical (unpaired) electrons. The second-order valence-corrected chi connectivity index (χ2v) is 8.34. The second-order valence-electron chi connectivity index (χ2n) is 7.94. The molecule has 2 atom stereocenters. The lowest BCUT2D eigenvalue weighted by Gasteiger charge is -2.25. The van der Waals surface area contributed by atoms with Crippen LogP contribution in [0.4, 0.5) is 5.69 Å². The quantitative estimate of drug-likeness (QED) is 0.778. The number of ether oxygens (including phenoxy) is 3.